The van der Waals surface area contributed by atoms with Crippen LogP contribution in [0.4, 0.5) is 0 Å². The summed E-state index contributed by atoms with van der Waals surface area (Å²) in [6.45, 7) is 7.96. The third-order valence-corrected chi connectivity index (χ3v) is 6.80. The van der Waals surface area contributed by atoms with Gasteiger partial charge in [0, 0.05) is 19.1 Å². The molecule has 1 aliphatic heterocycles. The first-order chi connectivity index (χ1) is 11.5. The number of nitrogens with zero attached hydrogens (tertiary/aromatic N) is 1. The van der Waals surface area contributed by atoms with E-state index in [9.17, 15) is 5.11 Å². The van der Waals surface area contributed by atoms with Gasteiger partial charge in [0.25, 0.3) is 0 Å². The second kappa shape index (κ2) is 7.45. The SMILES string of the molecule is C[C@H]1CN(C[C@@H](N)C2CCCCC2)CC[C@@]1(C)c1cccc(O)c1. The number of rotatable bonds is 4. The fourth-order valence-electron chi connectivity index (χ4n) is 4.78. The van der Waals surface area contributed by atoms with Gasteiger partial charge in [0.05, 0.1) is 0 Å². The van der Waals surface area contributed by atoms with Crippen LogP contribution in [0.25, 0.3) is 0 Å². The quantitative estimate of drug-likeness (QED) is 0.880. The Morgan fingerprint density at radius 1 is 1.29 bits per heavy atom. The van der Waals surface area contributed by atoms with Crippen LogP contribution in [0.5, 0.6) is 5.75 Å². The minimum Gasteiger partial charge on any atom is -0.508 e. The Kier molecular flexibility index (Phi) is 5.51. The highest BCUT2D eigenvalue weighted by molar-refractivity contribution is 5.33. The Morgan fingerprint density at radius 3 is 2.71 bits per heavy atom. The summed E-state index contributed by atoms with van der Waals surface area (Å²) >= 11 is 0. The van der Waals surface area contributed by atoms with Crippen molar-refractivity contribution in [2.45, 2.75) is 63.8 Å². The molecule has 0 bridgehead atoms. The third kappa shape index (κ3) is 3.78. The molecule has 0 amide bonds. The molecule has 0 aromatic heterocycles. The molecule has 3 nitrogen and oxygen atoms in total. The fourth-order valence-corrected chi connectivity index (χ4v) is 4.78. The first-order valence-corrected chi connectivity index (χ1v) is 9.76. The second-order valence-corrected chi connectivity index (χ2v) is 8.44. The summed E-state index contributed by atoms with van der Waals surface area (Å²) in [5.41, 5.74) is 7.96. The molecule has 1 aromatic carbocycles. The zero-order chi connectivity index (χ0) is 17.2. The standard InChI is InChI=1S/C21H34N2O/c1-16-14-23(15-20(22)17-7-4-3-5-8-17)12-11-21(16,2)18-9-6-10-19(24)13-18/h6,9-10,13,16-17,20,24H,3-5,7-8,11-12,14-15,22H2,1-2H3/t16-,20+,21+/m0/s1. The number of piperidine rings is 1. The van der Waals surface area contributed by atoms with Gasteiger partial charge in [-0.1, -0.05) is 45.2 Å². The van der Waals surface area contributed by atoms with Crippen molar-refractivity contribution in [3.8, 4) is 5.75 Å². The molecule has 0 unspecified atom stereocenters. The number of benzene rings is 1. The van der Waals surface area contributed by atoms with Gasteiger partial charge in [-0.05, 0) is 60.8 Å². The second-order valence-electron chi connectivity index (χ2n) is 8.44. The molecular formula is C21H34N2O. The minimum atomic E-state index is 0.143. The molecule has 3 rings (SSSR count). The van der Waals surface area contributed by atoms with Gasteiger partial charge in [-0.15, -0.1) is 0 Å². The molecule has 3 N–H and O–H groups in total. The number of phenols is 1. The van der Waals surface area contributed by atoms with Gasteiger partial charge in [0.2, 0.25) is 0 Å². The first-order valence-electron chi connectivity index (χ1n) is 9.76. The first kappa shape index (κ1) is 17.8. The van der Waals surface area contributed by atoms with E-state index < -0.39 is 0 Å². The third-order valence-electron chi connectivity index (χ3n) is 6.80. The van der Waals surface area contributed by atoms with E-state index >= 15 is 0 Å². The van der Waals surface area contributed by atoms with E-state index in [1.54, 1.807) is 6.07 Å². The van der Waals surface area contributed by atoms with Crippen molar-refractivity contribution >= 4 is 0 Å². The number of likely N-dealkylation sites (tertiary alicyclic amines) is 1. The van der Waals surface area contributed by atoms with Gasteiger partial charge >= 0.3 is 0 Å². The molecule has 24 heavy (non-hydrogen) atoms. The van der Waals surface area contributed by atoms with Crippen LogP contribution in [-0.2, 0) is 5.41 Å². The molecule has 2 fully saturated rings. The molecule has 1 aliphatic carbocycles. The Balaban J connectivity index is 1.60. The normalized spacial score (nSPS) is 31.0. The van der Waals surface area contributed by atoms with Crippen molar-refractivity contribution in [1.29, 1.82) is 0 Å². The molecule has 1 saturated heterocycles. The summed E-state index contributed by atoms with van der Waals surface area (Å²) in [5, 5.41) is 9.83. The molecular weight excluding hydrogens is 296 g/mol. The highest BCUT2D eigenvalue weighted by Gasteiger charge is 2.38. The zero-order valence-corrected chi connectivity index (χ0v) is 15.4. The molecule has 0 radical (unpaired) electrons. The number of hydrogen-bond acceptors (Lipinski definition) is 3. The van der Waals surface area contributed by atoms with Gasteiger partial charge in [-0.3, -0.25) is 0 Å². The van der Waals surface area contributed by atoms with Crippen molar-refractivity contribution in [1.82, 2.24) is 4.90 Å². The Bertz CT molecular complexity index is 540. The summed E-state index contributed by atoms with van der Waals surface area (Å²) < 4.78 is 0. The molecule has 1 heterocycles. The monoisotopic (exact) mass is 330 g/mol. The number of phenolic OH excluding ortho intramolecular Hbond substituents is 1. The molecule has 134 valence electrons. The molecule has 3 heteroatoms. The molecule has 1 saturated carbocycles. The van der Waals surface area contributed by atoms with E-state index in [-0.39, 0.29) is 5.41 Å². The summed E-state index contributed by atoms with van der Waals surface area (Å²) in [6.07, 6.45) is 7.91. The van der Waals surface area contributed by atoms with E-state index in [0.717, 1.165) is 32.0 Å². The van der Waals surface area contributed by atoms with E-state index in [1.807, 2.05) is 12.1 Å². The van der Waals surface area contributed by atoms with Crippen LogP contribution in [0.3, 0.4) is 0 Å². The maximum absolute atomic E-state index is 9.83. The van der Waals surface area contributed by atoms with Crippen molar-refractivity contribution in [2.24, 2.45) is 17.6 Å². The van der Waals surface area contributed by atoms with Crippen LogP contribution in [0, 0.1) is 11.8 Å². The average molecular weight is 331 g/mol. The van der Waals surface area contributed by atoms with E-state index in [1.165, 1.54) is 37.7 Å². The highest BCUT2D eigenvalue weighted by Crippen LogP contribution is 2.40. The van der Waals surface area contributed by atoms with Crippen molar-refractivity contribution in [3.63, 3.8) is 0 Å². The van der Waals surface area contributed by atoms with E-state index in [0.29, 0.717) is 17.7 Å². The fraction of sp³-hybridized carbons (Fsp3) is 0.714. The minimum absolute atomic E-state index is 0.143. The lowest BCUT2D eigenvalue weighted by molar-refractivity contribution is 0.0956. The predicted molar refractivity (Wildman–Crippen MR) is 100 cm³/mol. The lowest BCUT2D eigenvalue weighted by Crippen LogP contribution is -2.51. The molecule has 3 atom stereocenters. The van der Waals surface area contributed by atoms with Crippen LogP contribution in [-0.4, -0.2) is 35.7 Å². The van der Waals surface area contributed by atoms with Gasteiger partial charge in [0.1, 0.15) is 5.75 Å². The lowest BCUT2D eigenvalue weighted by Gasteiger charge is -2.46. The smallest absolute Gasteiger partial charge is 0.115 e. The maximum Gasteiger partial charge on any atom is 0.115 e. The number of hydrogen-bond donors (Lipinski definition) is 2. The van der Waals surface area contributed by atoms with E-state index in [4.69, 9.17) is 5.73 Å². The van der Waals surface area contributed by atoms with Crippen molar-refractivity contribution in [2.75, 3.05) is 19.6 Å². The van der Waals surface area contributed by atoms with Crippen LogP contribution < -0.4 is 5.73 Å². The molecule has 2 aliphatic rings. The topological polar surface area (TPSA) is 49.5 Å². The average Bonchev–Trinajstić information content (AvgIpc) is 2.59. The van der Waals surface area contributed by atoms with Crippen LogP contribution >= 0.6 is 0 Å². The summed E-state index contributed by atoms with van der Waals surface area (Å²) in [6, 6.07) is 8.17. The van der Waals surface area contributed by atoms with E-state index in [2.05, 4.69) is 24.8 Å². The number of aromatic hydroxyl groups is 1. The lowest BCUT2D eigenvalue weighted by atomic mass is 9.68. The van der Waals surface area contributed by atoms with Gasteiger partial charge < -0.3 is 15.7 Å². The molecule has 0 spiro atoms. The Labute approximate surface area is 147 Å². The summed E-state index contributed by atoms with van der Waals surface area (Å²) in [5.74, 6) is 1.67. The van der Waals surface area contributed by atoms with Crippen molar-refractivity contribution < 1.29 is 5.11 Å². The van der Waals surface area contributed by atoms with Crippen LogP contribution in [0.1, 0.15) is 57.9 Å². The predicted octanol–water partition coefficient (Wildman–Crippen LogP) is 3.90. The van der Waals surface area contributed by atoms with Gasteiger partial charge in [0.15, 0.2) is 0 Å². The zero-order valence-electron chi connectivity index (χ0n) is 15.4. The van der Waals surface area contributed by atoms with Crippen LogP contribution in [0.15, 0.2) is 24.3 Å². The highest BCUT2D eigenvalue weighted by atomic mass is 16.3. The maximum atomic E-state index is 9.83. The largest absolute Gasteiger partial charge is 0.508 e. The van der Waals surface area contributed by atoms with Gasteiger partial charge in [-0.25, -0.2) is 0 Å². The van der Waals surface area contributed by atoms with Crippen LogP contribution in [0.2, 0.25) is 0 Å². The summed E-state index contributed by atoms with van der Waals surface area (Å²) in [7, 11) is 0. The molecule has 1 aromatic rings. The summed E-state index contributed by atoms with van der Waals surface area (Å²) in [4.78, 5) is 2.58. The Hall–Kier alpha value is -1.06. The van der Waals surface area contributed by atoms with Gasteiger partial charge in [-0.2, -0.15) is 0 Å². The van der Waals surface area contributed by atoms with Crippen molar-refractivity contribution in [3.05, 3.63) is 29.8 Å². The number of nitrogens with two attached hydrogens (primary N) is 1. The Morgan fingerprint density at radius 2 is 2.04 bits per heavy atom.